The van der Waals surface area contributed by atoms with Crippen LogP contribution in [0.2, 0.25) is 0 Å². The van der Waals surface area contributed by atoms with Crippen LogP contribution in [0.25, 0.3) is 5.69 Å². The second-order valence-corrected chi connectivity index (χ2v) is 8.22. The van der Waals surface area contributed by atoms with Gasteiger partial charge in [-0.2, -0.15) is 0 Å². The molecule has 1 atom stereocenters. The number of β-amino-alcohol motifs (C(OH)–C–C–N with tert-alkyl or cyclic N) is 1. The number of anilines is 1. The third kappa shape index (κ3) is 5.33. The lowest BCUT2D eigenvalue weighted by Crippen LogP contribution is -2.51. The van der Waals surface area contributed by atoms with Gasteiger partial charge in [0.1, 0.15) is 12.6 Å². The molecular formula is C24H30N5O3+. The largest absolute Gasteiger partial charge is 0.411 e. The molecule has 32 heavy (non-hydrogen) atoms. The van der Waals surface area contributed by atoms with E-state index < -0.39 is 17.6 Å². The molecule has 1 fully saturated rings. The summed E-state index contributed by atoms with van der Waals surface area (Å²) in [6.07, 6.45) is 3.98. The molecule has 1 aliphatic heterocycles. The maximum atomic E-state index is 13.2. The van der Waals surface area contributed by atoms with E-state index >= 15 is 0 Å². The maximum absolute atomic E-state index is 13.2. The molecule has 1 aromatic heterocycles. The fourth-order valence-corrected chi connectivity index (χ4v) is 4.14. The van der Waals surface area contributed by atoms with Crippen LogP contribution in [0.3, 0.4) is 0 Å². The van der Waals surface area contributed by atoms with Crippen molar-refractivity contribution in [3.63, 3.8) is 0 Å². The van der Waals surface area contributed by atoms with Gasteiger partial charge in [-0.05, 0) is 50.2 Å². The Hall–Kier alpha value is -3.23. The number of likely N-dealkylation sites (tertiary alicyclic amines) is 1. The van der Waals surface area contributed by atoms with Gasteiger partial charge in [-0.15, -0.1) is 4.68 Å². The molecule has 3 aromatic rings. The SMILES string of the molecule is O=C(Nc1ccccc1)c1c(=O)n(-c2ccccc2)[nH][n+]1C[C@@H](O)CN1CCCCCC1. The number of nitrogens with one attached hydrogen (secondary N) is 2. The summed E-state index contributed by atoms with van der Waals surface area (Å²) >= 11 is 0. The highest BCUT2D eigenvalue weighted by Crippen LogP contribution is 2.10. The fourth-order valence-electron chi connectivity index (χ4n) is 4.14. The van der Waals surface area contributed by atoms with Crippen LogP contribution in [0, 0.1) is 0 Å². The highest BCUT2D eigenvalue weighted by molar-refractivity contribution is 6.01. The molecule has 0 aliphatic carbocycles. The normalized spacial score (nSPS) is 15.8. The average molecular weight is 437 g/mol. The van der Waals surface area contributed by atoms with Gasteiger partial charge >= 0.3 is 17.2 Å². The molecule has 1 aliphatic rings. The van der Waals surface area contributed by atoms with Crippen LogP contribution >= 0.6 is 0 Å². The summed E-state index contributed by atoms with van der Waals surface area (Å²) < 4.78 is 2.79. The molecule has 1 saturated heterocycles. The monoisotopic (exact) mass is 436 g/mol. The zero-order valence-corrected chi connectivity index (χ0v) is 18.1. The average Bonchev–Trinajstić information content (AvgIpc) is 2.95. The van der Waals surface area contributed by atoms with E-state index in [1.54, 1.807) is 24.3 Å². The second-order valence-electron chi connectivity index (χ2n) is 8.22. The van der Waals surface area contributed by atoms with Crippen LogP contribution in [0.5, 0.6) is 0 Å². The molecule has 4 rings (SSSR count). The van der Waals surface area contributed by atoms with Crippen LogP contribution in [0.15, 0.2) is 65.5 Å². The summed E-state index contributed by atoms with van der Waals surface area (Å²) in [5.41, 5.74) is 0.701. The van der Waals surface area contributed by atoms with E-state index in [2.05, 4.69) is 15.4 Å². The molecule has 8 nitrogen and oxygen atoms in total. The van der Waals surface area contributed by atoms with Gasteiger partial charge in [0.25, 0.3) is 0 Å². The van der Waals surface area contributed by atoms with Crippen molar-refractivity contribution >= 4 is 11.6 Å². The van der Waals surface area contributed by atoms with E-state index in [9.17, 15) is 14.7 Å². The number of hydrogen-bond donors (Lipinski definition) is 3. The van der Waals surface area contributed by atoms with E-state index in [0.29, 0.717) is 17.9 Å². The van der Waals surface area contributed by atoms with Crippen molar-refractivity contribution in [3.8, 4) is 5.69 Å². The zero-order valence-electron chi connectivity index (χ0n) is 18.1. The fraction of sp³-hybridized carbons (Fsp3) is 0.375. The van der Waals surface area contributed by atoms with Gasteiger partial charge in [-0.25, -0.2) is 4.79 Å². The Morgan fingerprint density at radius 3 is 2.28 bits per heavy atom. The molecule has 3 N–H and O–H groups in total. The third-order valence-corrected chi connectivity index (χ3v) is 5.72. The summed E-state index contributed by atoms with van der Waals surface area (Å²) in [4.78, 5) is 28.5. The third-order valence-electron chi connectivity index (χ3n) is 5.72. The standard InChI is InChI=1S/C24H29N5O3/c30-21(17-27-15-9-1-2-10-16-27)18-28-22(23(31)25-19-11-5-3-6-12-19)24(32)29(26-28)20-13-7-4-8-14-20/h3-8,11-14,21,30H,1-2,9-10,15-18H2,(H-,25,26,31,32)/p+1/t21-/m0/s1. The molecular weight excluding hydrogens is 406 g/mol. The van der Waals surface area contributed by atoms with Gasteiger partial charge in [-0.3, -0.25) is 4.79 Å². The van der Waals surface area contributed by atoms with E-state index in [0.717, 1.165) is 25.9 Å². The summed E-state index contributed by atoms with van der Waals surface area (Å²) in [6.45, 7) is 2.55. The number of rotatable bonds is 7. The number of carbonyl (C=O) groups excluding carboxylic acids is 1. The first-order valence-electron chi connectivity index (χ1n) is 11.2. The first-order valence-corrected chi connectivity index (χ1v) is 11.2. The lowest BCUT2D eigenvalue weighted by molar-refractivity contribution is -0.761. The molecule has 2 heterocycles. The van der Waals surface area contributed by atoms with Gasteiger partial charge in [0.2, 0.25) is 0 Å². The predicted octanol–water partition coefficient (Wildman–Crippen LogP) is 1.94. The van der Waals surface area contributed by atoms with Crippen molar-refractivity contribution in [2.24, 2.45) is 0 Å². The van der Waals surface area contributed by atoms with Gasteiger partial charge in [0.15, 0.2) is 5.69 Å². The van der Waals surface area contributed by atoms with Gasteiger partial charge < -0.3 is 15.3 Å². The van der Waals surface area contributed by atoms with Crippen molar-refractivity contribution in [1.82, 2.24) is 14.8 Å². The molecule has 8 heteroatoms. The van der Waals surface area contributed by atoms with E-state index in [1.807, 2.05) is 36.4 Å². The number of aliphatic hydroxyl groups is 1. The van der Waals surface area contributed by atoms with E-state index in [-0.39, 0.29) is 12.2 Å². The minimum absolute atomic E-state index is 0.0485. The Balaban J connectivity index is 1.60. The molecule has 168 valence electrons. The van der Waals surface area contributed by atoms with Gasteiger partial charge in [-0.1, -0.05) is 59.1 Å². The summed E-state index contributed by atoms with van der Waals surface area (Å²) in [5, 5.41) is 16.6. The number of nitrogens with zero attached hydrogens (tertiary/aromatic N) is 3. The highest BCUT2D eigenvalue weighted by Gasteiger charge is 2.31. The van der Waals surface area contributed by atoms with Gasteiger partial charge in [0, 0.05) is 12.2 Å². The highest BCUT2D eigenvalue weighted by atomic mass is 16.3. The minimum atomic E-state index is -0.719. The van der Waals surface area contributed by atoms with E-state index in [1.165, 1.54) is 22.2 Å². The van der Waals surface area contributed by atoms with Crippen LogP contribution in [0.4, 0.5) is 5.69 Å². The van der Waals surface area contributed by atoms with Crippen LogP contribution in [0.1, 0.15) is 36.2 Å². The quantitative estimate of drug-likeness (QED) is 0.494. The molecule has 0 unspecified atom stereocenters. The summed E-state index contributed by atoms with van der Waals surface area (Å²) in [7, 11) is 0. The number of aliphatic hydroxyl groups excluding tert-OH is 1. The molecule has 0 bridgehead atoms. The maximum Gasteiger partial charge on any atom is 0.411 e. The van der Waals surface area contributed by atoms with Crippen molar-refractivity contribution in [3.05, 3.63) is 76.7 Å². The smallest absolute Gasteiger partial charge is 0.388 e. The van der Waals surface area contributed by atoms with Crippen molar-refractivity contribution < 1.29 is 14.6 Å². The Kier molecular flexibility index (Phi) is 7.14. The van der Waals surface area contributed by atoms with Crippen LogP contribution in [-0.2, 0) is 6.54 Å². The molecule has 0 spiro atoms. The first-order chi connectivity index (χ1) is 15.6. The number of H-pyrrole nitrogens is 1. The Labute approximate surface area is 187 Å². The topological polar surface area (TPSA) is 94.2 Å². The second kappa shape index (κ2) is 10.4. The lowest BCUT2D eigenvalue weighted by Gasteiger charge is -2.22. The molecule has 0 radical (unpaired) electrons. The number of amides is 1. The molecule has 1 amide bonds. The molecule has 0 saturated carbocycles. The Morgan fingerprint density at radius 2 is 1.62 bits per heavy atom. The zero-order chi connectivity index (χ0) is 22.3. The number of para-hydroxylation sites is 2. The number of hydrogen-bond acceptors (Lipinski definition) is 4. The van der Waals surface area contributed by atoms with Gasteiger partial charge in [0.05, 0.1) is 0 Å². The summed E-state index contributed by atoms with van der Waals surface area (Å²) in [5.74, 6) is -0.519. The van der Waals surface area contributed by atoms with Crippen molar-refractivity contribution in [2.45, 2.75) is 38.3 Å². The van der Waals surface area contributed by atoms with Crippen LogP contribution < -0.4 is 15.6 Å². The number of carbonyl (C=O) groups is 1. The number of aromatic amines is 1. The van der Waals surface area contributed by atoms with Crippen molar-refractivity contribution in [1.29, 1.82) is 0 Å². The van der Waals surface area contributed by atoms with Crippen LogP contribution in [-0.4, -0.2) is 51.5 Å². The minimum Gasteiger partial charge on any atom is -0.388 e. The Morgan fingerprint density at radius 1 is 1.00 bits per heavy atom. The number of benzene rings is 2. The lowest BCUT2D eigenvalue weighted by atomic mass is 10.2. The van der Waals surface area contributed by atoms with E-state index in [4.69, 9.17) is 0 Å². The summed E-state index contributed by atoms with van der Waals surface area (Å²) in [6, 6.07) is 18.1. The van der Waals surface area contributed by atoms with Crippen molar-refractivity contribution in [2.75, 3.05) is 25.0 Å². The predicted molar refractivity (Wildman–Crippen MR) is 122 cm³/mol. The molecule has 2 aromatic carbocycles. The first kappa shape index (κ1) is 22.0. The Bertz CT molecular complexity index is 1070. The number of aromatic nitrogens is 3.